The first-order valence-electron chi connectivity index (χ1n) is 11.4. The van der Waals surface area contributed by atoms with Crippen LogP contribution < -0.4 is 0 Å². The molecule has 1 amide bonds. The topological polar surface area (TPSA) is 75.4 Å². The van der Waals surface area contributed by atoms with Gasteiger partial charge in [-0.2, -0.15) is 4.98 Å². The van der Waals surface area contributed by atoms with E-state index in [0.29, 0.717) is 17.9 Å². The number of hydrogen-bond donors (Lipinski definition) is 0. The highest BCUT2D eigenvalue weighted by Gasteiger charge is 2.42. The molecule has 0 spiro atoms. The molecule has 0 aromatic carbocycles. The second kappa shape index (κ2) is 8.46. The predicted molar refractivity (Wildman–Crippen MR) is 112 cm³/mol. The Balaban J connectivity index is 1.35. The molecule has 2 aromatic heterocycles. The molecule has 1 saturated carbocycles. The Kier molecular flexibility index (Phi) is 5.54. The summed E-state index contributed by atoms with van der Waals surface area (Å²) in [5, 5.41) is 4.37. The SMILES string of the molecule is CC(=O)N1CCC(N2C[C@@H](c3cccnc3)[C@H](c3nc(C4CCCC4)no3)C2)CC1. The van der Waals surface area contributed by atoms with Crippen LogP contribution in [-0.2, 0) is 4.79 Å². The van der Waals surface area contributed by atoms with Crippen molar-refractivity contribution in [1.29, 1.82) is 0 Å². The zero-order chi connectivity index (χ0) is 20.5. The van der Waals surface area contributed by atoms with Gasteiger partial charge in [0.15, 0.2) is 5.82 Å². The smallest absolute Gasteiger partial charge is 0.231 e. The maximum atomic E-state index is 11.7. The van der Waals surface area contributed by atoms with E-state index in [2.05, 4.69) is 21.1 Å². The number of hydrogen-bond acceptors (Lipinski definition) is 6. The summed E-state index contributed by atoms with van der Waals surface area (Å²) >= 11 is 0. The van der Waals surface area contributed by atoms with E-state index in [0.717, 1.165) is 50.7 Å². The van der Waals surface area contributed by atoms with Gasteiger partial charge in [0.1, 0.15) is 0 Å². The van der Waals surface area contributed by atoms with E-state index in [4.69, 9.17) is 9.51 Å². The van der Waals surface area contributed by atoms with Gasteiger partial charge in [-0.15, -0.1) is 0 Å². The quantitative estimate of drug-likeness (QED) is 0.771. The van der Waals surface area contributed by atoms with Crippen LogP contribution in [0.2, 0.25) is 0 Å². The molecule has 2 atom stereocenters. The van der Waals surface area contributed by atoms with Crippen LogP contribution in [0, 0.1) is 0 Å². The lowest BCUT2D eigenvalue weighted by molar-refractivity contribution is -0.130. The normalized spacial score (nSPS) is 26.5. The molecule has 7 nitrogen and oxygen atoms in total. The van der Waals surface area contributed by atoms with Gasteiger partial charge in [-0.1, -0.05) is 24.1 Å². The highest BCUT2D eigenvalue weighted by molar-refractivity contribution is 5.73. The van der Waals surface area contributed by atoms with Crippen molar-refractivity contribution in [3.8, 4) is 0 Å². The number of carbonyl (C=O) groups excluding carboxylic acids is 1. The summed E-state index contributed by atoms with van der Waals surface area (Å²) in [6.45, 7) is 5.28. The third kappa shape index (κ3) is 3.87. The van der Waals surface area contributed by atoms with E-state index in [1.807, 2.05) is 23.4 Å². The fourth-order valence-corrected chi connectivity index (χ4v) is 5.61. The van der Waals surface area contributed by atoms with E-state index in [-0.39, 0.29) is 11.8 Å². The summed E-state index contributed by atoms with van der Waals surface area (Å²) in [6, 6.07) is 4.68. The first-order valence-corrected chi connectivity index (χ1v) is 11.4. The van der Waals surface area contributed by atoms with Crippen molar-refractivity contribution >= 4 is 5.91 Å². The van der Waals surface area contributed by atoms with Gasteiger partial charge < -0.3 is 9.42 Å². The van der Waals surface area contributed by atoms with E-state index in [9.17, 15) is 4.79 Å². The van der Waals surface area contributed by atoms with Crippen molar-refractivity contribution < 1.29 is 9.32 Å². The van der Waals surface area contributed by atoms with E-state index in [1.165, 1.54) is 31.2 Å². The number of likely N-dealkylation sites (tertiary alicyclic amines) is 2. The molecule has 1 aliphatic carbocycles. The highest BCUT2D eigenvalue weighted by atomic mass is 16.5. The third-order valence-corrected chi connectivity index (χ3v) is 7.38. The number of rotatable bonds is 4. The second-order valence-electron chi connectivity index (χ2n) is 9.16. The molecule has 0 N–H and O–H groups in total. The Labute approximate surface area is 177 Å². The number of piperidine rings is 1. The fraction of sp³-hybridized carbons (Fsp3) is 0.652. The molecule has 3 fully saturated rings. The molecule has 160 valence electrons. The van der Waals surface area contributed by atoms with Crippen LogP contribution in [0.3, 0.4) is 0 Å². The molecule has 7 heteroatoms. The van der Waals surface area contributed by atoms with Gasteiger partial charge in [-0.3, -0.25) is 14.7 Å². The Hall–Kier alpha value is -2.28. The van der Waals surface area contributed by atoms with E-state index in [1.54, 1.807) is 6.92 Å². The lowest BCUT2D eigenvalue weighted by atomic mass is 9.90. The van der Waals surface area contributed by atoms with Crippen molar-refractivity contribution in [3.63, 3.8) is 0 Å². The minimum absolute atomic E-state index is 0.186. The molecule has 5 rings (SSSR count). The summed E-state index contributed by atoms with van der Waals surface area (Å²) < 4.78 is 5.84. The number of amides is 1. The van der Waals surface area contributed by atoms with E-state index >= 15 is 0 Å². The van der Waals surface area contributed by atoms with Crippen LogP contribution in [0.4, 0.5) is 0 Å². The van der Waals surface area contributed by atoms with Gasteiger partial charge in [0.2, 0.25) is 11.8 Å². The minimum Gasteiger partial charge on any atom is -0.343 e. The van der Waals surface area contributed by atoms with Gasteiger partial charge in [0.05, 0.1) is 5.92 Å². The summed E-state index contributed by atoms with van der Waals surface area (Å²) in [4.78, 5) is 25.5. The predicted octanol–water partition coefficient (Wildman–Crippen LogP) is 3.32. The van der Waals surface area contributed by atoms with Gasteiger partial charge in [0, 0.05) is 63.4 Å². The lowest BCUT2D eigenvalue weighted by Gasteiger charge is -2.36. The average molecular weight is 410 g/mol. The van der Waals surface area contributed by atoms with Gasteiger partial charge in [-0.05, 0) is 37.3 Å². The van der Waals surface area contributed by atoms with Crippen molar-refractivity contribution in [2.45, 2.75) is 69.2 Å². The Bertz CT molecular complexity index is 855. The molecule has 2 aromatic rings. The summed E-state index contributed by atoms with van der Waals surface area (Å²) in [7, 11) is 0. The Morgan fingerprint density at radius 3 is 2.57 bits per heavy atom. The van der Waals surface area contributed by atoms with Crippen LogP contribution in [-0.4, -0.2) is 63.1 Å². The molecule has 2 saturated heterocycles. The molecular formula is C23H31N5O2. The largest absolute Gasteiger partial charge is 0.343 e. The molecule has 0 unspecified atom stereocenters. The summed E-state index contributed by atoms with van der Waals surface area (Å²) in [6.07, 6.45) is 10.8. The Morgan fingerprint density at radius 2 is 1.87 bits per heavy atom. The molecule has 2 aliphatic heterocycles. The zero-order valence-electron chi connectivity index (χ0n) is 17.7. The molecule has 0 bridgehead atoms. The molecule has 4 heterocycles. The van der Waals surface area contributed by atoms with Crippen LogP contribution in [0.1, 0.15) is 80.5 Å². The summed E-state index contributed by atoms with van der Waals surface area (Å²) in [5.74, 6) is 2.85. The highest BCUT2D eigenvalue weighted by Crippen LogP contribution is 2.41. The lowest BCUT2D eigenvalue weighted by Crippen LogP contribution is -2.45. The maximum absolute atomic E-state index is 11.7. The second-order valence-corrected chi connectivity index (χ2v) is 9.16. The van der Waals surface area contributed by atoms with Crippen molar-refractivity contribution in [2.75, 3.05) is 26.2 Å². The monoisotopic (exact) mass is 409 g/mol. The molecule has 0 radical (unpaired) electrons. The first kappa shape index (κ1) is 19.7. The molecule has 3 aliphatic rings. The number of nitrogens with zero attached hydrogens (tertiary/aromatic N) is 5. The van der Waals surface area contributed by atoms with Crippen LogP contribution >= 0.6 is 0 Å². The van der Waals surface area contributed by atoms with Crippen LogP contribution in [0.5, 0.6) is 0 Å². The standard InChI is InChI=1S/C23H31N5O2/c1-16(29)27-11-8-19(9-12-27)28-14-20(18-7-4-10-24-13-18)21(15-28)23-25-22(26-30-23)17-5-2-3-6-17/h4,7,10,13,17,19-21H,2-3,5-6,8-9,11-12,14-15H2,1H3/t20-,21+/m0/s1. The van der Waals surface area contributed by atoms with E-state index < -0.39 is 0 Å². The first-order chi connectivity index (χ1) is 14.7. The minimum atomic E-state index is 0.186. The number of pyridine rings is 1. The van der Waals surface area contributed by atoms with Crippen molar-refractivity contribution in [3.05, 3.63) is 41.8 Å². The van der Waals surface area contributed by atoms with Gasteiger partial charge in [-0.25, -0.2) is 0 Å². The Morgan fingerprint density at radius 1 is 1.10 bits per heavy atom. The van der Waals surface area contributed by atoms with Gasteiger partial charge in [0.25, 0.3) is 0 Å². The number of aromatic nitrogens is 3. The zero-order valence-corrected chi connectivity index (χ0v) is 17.7. The average Bonchev–Trinajstić information content (AvgIpc) is 3.54. The number of carbonyl (C=O) groups is 1. The van der Waals surface area contributed by atoms with Crippen LogP contribution in [0.15, 0.2) is 29.0 Å². The molecular weight excluding hydrogens is 378 g/mol. The van der Waals surface area contributed by atoms with Gasteiger partial charge >= 0.3 is 0 Å². The fourth-order valence-electron chi connectivity index (χ4n) is 5.61. The van der Waals surface area contributed by atoms with Crippen molar-refractivity contribution in [2.24, 2.45) is 0 Å². The van der Waals surface area contributed by atoms with Crippen molar-refractivity contribution in [1.82, 2.24) is 24.9 Å². The summed E-state index contributed by atoms with van der Waals surface area (Å²) in [5.41, 5.74) is 1.24. The maximum Gasteiger partial charge on any atom is 0.231 e. The molecule has 30 heavy (non-hydrogen) atoms. The third-order valence-electron chi connectivity index (χ3n) is 7.38. The van der Waals surface area contributed by atoms with Crippen LogP contribution in [0.25, 0.3) is 0 Å².